The molecule has 6 heteroatoms. The lowest BCUT2D eigenvalue weighted by molar-refractivity contribution is -0.138. The molecule has 0 saturated carbocycles. The van der Waals surface area contributed by atoms with Gasteiger partial charge in [0.1, 0.15) is 11.5 Å². The van der Waals surface area contributed by atoms with E-state index in [9.17, 15) is 23.1 Å². The first-order valence-corrected chi connectivity index (χ1v) is 5.55. The quantitative estimate of drug-likeness (QED) is 0.675. The topological polar surface area (TPSA) is 46.5 Å². The molecule has 2 aromatic rings. The Morgan fingerprint density at radius 1 is 1.05 bits per heavy atom. The van der Waals surface area contributed by atoms with Crippen LogP contribution in [0.25, 0.3) is 0 Å². The summed E-state index contributed by atoms with van der Waals surface area (Å²) in [7, 11) is 0. The zero-order valence-corrected chi connectivity index (χ0v) is 10.0. The average molecular weight is 282 g/mol. The third-order valence-electron chi connectivity index (χ3n) is 2.48. The fraction of sp³-hybridized carbons (Fsp3) is 0.0714. The van der Waals surface area contributed by atoms with Gasteiger partial charge in [0.25, 0.3) is 0 Å². The Balaban J connectivity index is 2.31. The second-order valence-corrected chi connectivity index (χ2v) is 3.93. The largest absolute Gasteiger partial charge is 0.508 e. The van der Waals surface area contributed by atoms with E-state index in [0.29, 0.717) is 0 Å². The van der Waals surface area contributed by atoms with Crippen LogP contribution in [0, 0.1) is 0 Å². The first kappa shape index (κ1) is 13.9. The van der Waals surface area contributed by atoms with Gasteiger partial charge in [0, 0.05) is 6.07 Å². The minimum Gasteiger partial charge on any atom is -0.508 e. The molecule has 0 aliphatic rings. The van der Waals surface area contributed by atoms with E-state index in [-0.39, 0.29) is 11.5 Å². The first-order valence-electron chi connectivity index (χ1n) is 5.55. The third kappa shape index (κ3) is 3.09. The summed E-state index contributed by atoms with van der Waals surface area (Å²) in [6, 6.07) is 9.59. The van der Waals surface area contributed by atoms with Crippen LogP contribution in [0.4, 0.5) is 13.2 Å². The van der Waals surface area contributed by atoms with E-state index in [1.807, 2.05) is 0 Å². The second kappa shape index (κ2) is 5.24. The van der Waals surface area contributed by atoms with Crippen LogP contribution in [-0.2, 0) is 6.18 Å². The zero-order chi connectivity index (χ0) is 14.8. The molecule has 0 saturated heterocycles. The maximum Gasteiger partial charge on any atom is 0.417 e. The molecule has 0 aliphatic heterocycles. The minimum atomic E-state index is -4.64. The smallest absolute Gasteiger partial charge is 0.417 e. The van der Waals surface area contributed by atoms with E-state index < -0.39 is 23.3 Å². The van der Waals surface area contributed by atoms with Gasteiger partial charge < -0.3 is 9.84 Å². The number of hydrogen-bond acceptors (Lipinski definition) is 3. The highest BCUT2D eigenvalue weighted by Gasteiger charge is 2.35. The third-order valence-corrected chi connectivity index (χ3v) is 2.48. The first-order chi connectivity index (χ1) is 9.38. The minimum absolute atomic E-state index is 0.0352. The molecular formula is C14H9F3O3. The zero-order valence-electron chi connectivity index (χ0n) is 10.0. The SMILES string of the molecule is O=C(Oc1cccc(O)c1)c1ccccc1C(F)(F)F. The highest BCUT2D eigenvalue weighted by atomic mass is 19.4. The molecule has 0 amide bonds. The maximum absolute atomic E-state index is 12.8. The molecule has 2 rings (SSSR count). The maximum atomic E-state index is 12.8. The van der Waals surface area contributed by atoms with Crippen molar-refractivity contribution in [1.82, 2.24) is 0 Å². The van der Waals surface area contributed by atoms with Gasteiger partial charge in [0.2, 0.25) is 0 Å². The van der Waals surface area contributed by atoms with E-state index >= 15 is 0 Å². The lowest BCUT2D eigenvalue weighted by Gasteiger charge is -2.11. The molecule has 3 nitrogen and oxygen atoms in total. The highest BCUT2D eigenvalue weighted by Crippen LogP contribution is 2.32. The summed E-state index contributed by atoms with van der Waals surface area (Å²) in [6.07, 6.45) is -4.64. The monoisotopic (exact) mass is 282 g/mol. The number of phenolic OH excluding ortho intramolecular Hbond substituents is 1. The van der Waals surface area contributed by atoms with Gasteiger partial charge >= 0.3 is 12.1 Å². The molecular weight excluding hydrogens is 273 g/mol. The van der Waals surface area contributed by atoms with Crippen LogP contribution in [-0.4, -0.2) is 11.1 Å². The average Bonchev–Trinajstić information content (AvgIpc) is 2.37. The molecule has 1 N–H and O–H groups in total. The van der Waals surface area contributed by atoms with Crippen molar-refractivity contribution in [3.05, 3.63) is 59.7 Å². The van der Waals surface area contributed by atoms with Gasteiger partial charge in [-0.05, 0) is 24.3 Å². The van der Waals surface area contributed by atoms with Gasteiger partial charge in [-0.1, -0.05) is 18.2 Å². The summed E-state index contributed by atoms with van der Waals surface area (Å²) in [5, 5.41) is 9.21. The van der Waals surface area contributed by atoms with E-state index in [0.717, 1.165) is 18.2 Å². The number of rotatable bonds is 2. The number of aromatic hydroxyl groups is 1. The van der Waals surface area contributed by atoms with Crippen LogP contribution in [0.3, 0.4) is 0 Å². The molecule has 2 aromatic carbocycles. The number of halogens is 3. The lowest BCUT2D eigenvalue weighted by Crippen LogP contribution is -2.16. The highest BCUT2D eigenvalue weighted by molar-refractivity contribution is 5.92. The number of carbonyl (C=O) groups is 1. The standard InChI is InChI=1S/C14H9F3O3/c15-14(16,17)12-7-2-1-6-11(12)13(19)20-10-5-3-4-9(18)8-10/h1-8,18H. The lowest BCUT2D eigenvalue weighted by atomic mass is 10.1. The summed E-state index contributed by atoms with van der Waals surface area (Å²) < 4.78 is 43.1. The Hall–Kier alpha value is -2.50. The Bertz CT molecular complexity index is 636. The van der Waals surface area contributed by atoms with Crippen LogP contribution >= 0.6 is 0 Å². The molecule has 0 fully saturated rings. The molecule has 20 heavy (non-hydrogen) atoms. The molecule has 0 bridgehead atoms. The van der Waals surface area contributed by atoms with Crippen LogP contribution in [0.5, 0.6) is 11.5 Å². The van der Waals surface area contributed by atoms with Crippen molar-refractivity contribution in [2.75, 3.05) is 0 Å². The molecule has 0 atom stereocenters. The summed E-state index contributed by atoms with van der Waals surface area (Å²) in [4.78, 5) is 11.8. The number of carbonyl (C=O) groups excluding carboxylic acids is 1. The van der Waals surface area contributed by atoms with Crippen LogP contribution in [0.1, 0.15) is 15.9 Å². The van der Waals surface area contributed by atoms with Gasteiger partial charge in [0.05, 0.1) is 11.1 Å². The summed E-state index contributed by atoms with van der Waals surface area (Å²) >= 11 is 0. The molecule has 0 spiro atoms. The fourth-order valence-electron chi connectivity index (χ4n) is 1.62. The van der Waals surface area contributed by atoms with Crippen LogP contribution in [0.15, 0.2) is 48.5 Å². The Morgan fingerprint density at radius 2 is 1.75 bits per heavy atom. The van der Waals surface area contributed by atoms with Crippen molar-refractivity contribution in [2.45, 2.75) is 6.18 Å². The number of esters is 1. The van der Waals surface area contributed by atoms with Crippen LogP contribution in [0.2, 0.25) is 0 Å². The van der Waals surface area contributed by atoms with Gasteiger partial charge in [-0.3, -0.25) is 0 Å². The van der Waals surface area contributed by atoms with E-state index in [4.69, 9.17) is 4.74 Å². The van der Waals surface area contributed by atoms with Crippen LogP contribution < -0.4 is 4.74 Å². The van der Waals surface area contributed by atoms with Crippen molar-refractivity contribution in [3.63, 3.8) is 0 Å². The number of alkyl halides is 3. The number of benzene rings is 2. The predicted molar refractivity (Wildman–Crippen MR) is 64.5 cm³/mol. The van der Waals surface area contributed by atoms with Gasteiger partial charge in [-0.15, -0.1) is 0 Å². The van der Waals surface area contributed by atoms with E-state index in [1.165, 1.54) is 30.3 Å². The number of hydrogen-bond donors (Lipinski definition) is 1. The van der Waals surface area contributed by atoms with Crippen molar-refractivity contribution in [2.24, 2.45) is 0 Å². The summed E-state index contributed by atoms with van der Waals surface area (Å²) in [5.41, 5.74) is -1.64. The van der Waals surface area contributed by atoms with Crippen molar-refractivity contribution < 1.29 is 27.8 Å². The molecule has 0 unspecified atom stereocenters. The molecule has 0 radical (unpaired) electrons. The Labute approximate surface area is 112 Å². The van der Waals surface area contributed by atoms with Crippen molar-refractivity contribution in [1.29, 1.82) is 0 Å². The van der Waals surface area contributed by atoms with Crippen molar-refractivity contribution in [3.8, 4) is 11.5 Å². The Morgan fingerprint density at radius 3 is 2.40 bits per heavy atom. The predicted octanol–water partition coefficient (Wildman–Crippen LogP) is 3.63. The van der Waals surface area contributed by atoms with Gasteiger partial charge in [0.15, 0.2) is 0 Å². The Kier molecular flexibility index (Phi) is 3.65. The summed E-state index contributed by atoms with van der Waals surface area (Å²) in [6.45, 7) is 0. The fourth-order valence-corrected chi connectivity index (χ4v) is 1.62. The molecule has 0 aliphatic carbocycles. The van der Waals surface area contributed by atoms with Gasteiger partial charge in [-0.25, -0.2) is 4.79 Å². The molecule has 0 aromatic heterocycles. The normalized spacial score (nSPS) is 11.2. The number of ether oxygens (including phenoxy) is 1. The molecule has 0 heterocycles. The van der Waals surface area contributed by atoms with Gasteiger partial charge in [-0.2, -0.15) is 13.2 Å². The number of phenols is 1. The second-order valence-electron chi connectivity index (χ2n) is 3.93. The summed E-state index contributed by atoms with van der Waals surface area (Å²) in [5.74, 6) is -1.32. The molecule has 104 valence electrons. The van der Waals surface area contributed by atoms with E-state index in [1.54, 1.807) is 0 Å². The van der Waals surface area contributed by atoms with Crippen molar-refractivity contribution >= 4 is 5.97 Å². The van der Waals surface area contributed by atoms with E-state index in [2.05, 4.69) is 0 Å².